The van der Waals surface area contributed by atoms with E-state index in [0.717, 1.165) is 40.2 Å². The van der Waals surface area contributed by atoms with Crippen LogP contribution in [0.1, 0.15) is 30.5 Å². The van der Waals surface area contributed by atoms with Crippen LogP contribution in [0, 0.1) is 6.92 Å². The standard InChI is InChI=1S/C21H24BrN3O/c1-4-24(5-2)14-20(26)25-13-17-12-15(3)6-11-19(17)23-21(25)16-7-9-18(22)10-8-16/h6-12H,4-5,13-14H2,1-3H3. The van der Waals surface area contributed by atoms with Crippen molar-refractivity contribution in [1.29, 1.82) is 0 Å². The van der Waals surface area contributed by atoms with Gasteiger partial charge in [0.25, 0.3) is 0 Å². The van der Waals surface area contributed by atoms with Crippen LogP contribution in [0.3, 0.4) is 0 Å². The molecule has 2 aromatic carbocycles. The first-order valence-electron chi connectivity index (χ1n) is 8.98. The predicted octanol–water partition coefficient (Wildman–Crippen LogP) is 4.52. The van der Waals surface area contributed by atoms with Gasteiger partial charge in [0.2, 0.25) is 5.91 Å². The molecule has 0 aliphatic carbocycles. The lowest BCUT2D eigenvalue weighted by Gasteiger charge is -2.31. The van der Waals surface area contributed by atoms with E-state index in [1.807, 2.05) is 35.2 Å². The Morgan fingerprint density at radius 3 is 2.50 bits per heavy atom. The molecule has 26 heavy (non-hydrogen) atoms. The molecular formula is C21H24BrN3O. The van der Waals surface area contributed by atoms with Gasteiger partial charge >= 0.3 is 0 Å². The summed E-state index contributed by atoms with van der Waals surface area (Å²) in [6.45, 7) is 8.91. The molecule has 0 saturated carbocycles. The molecule has 0 fully saturated rings. The van der Waals surface area contributed by atoms with Crippen LogP contribution in [0.25, 0.3) is 0 Å². The number of benzene rings is 2. The van der Waals surface area contributed by atoms with Gasteiger partial charge in [-0.05, 0) is 43.8 Å². The molecule has 0 aromatic heterocycles. The summed E-state index contributed by atoms with van der Waals surface area (Å²) in [5.41, 5.74) is 4.17. The Balaban J connectivity index is 2.00. The first kappa shape index (κ1) is 18.8. The highest BCUT2D eigenvalue weighted by atomic mass is 79.9. The van der Waals surface area contributed by atoms with Gasteiger partial charge in [-0.15, -0.1) is 0 Å². The molecular weight excluding hydrogens is 390 g/mol. The van der Waals surface area contributed by atoms with E-state index in [-0.39, 0.29) is 5.91 Å². The Hall–Kier alpha value is -1.98. The third kappa shape index (κ3) is 4.05. The van der Waals surface area contributed by atoms with Crippen molar-refractivity contribution in [2.75, 3.05) is 19.6 Å². The highest BCUT2D eigenvalue weighted by molar-refractivity contribution is 9.10. The summed E-state index contributed by atoms with van der Waals surface area (Å²) in [6.07, 6.45) is 0. The number of hydrogen-bond donors (Lipinski definition) is 0. The highest BCUT2D eigenvalue weighted by Crippen LogP contribution is 2.29. The van der Waals surface area contributed by atoms with Crippen molar-refractivity contribution in [2.24, 2.45) is 4.99 Å². The number of nitrogens with zero attached hydrogens (tertiary/aromatic N) is 3. The summed E-state index contributed by atoms with van der Waals surface area (Å²) in [7, 11) is 0. The van der Waals surface area contributed by atoms with Gasteiger partial charge in [0, 0.05) is 10.0 Å². The van der Waals surface area contributed by atoms with E-state index < -0.39 is 0 Å². The van der Waals surface area contributed by atoms with Gasteiger partial charge in [-0.3, -0.25) is 14.6 Å². The molecule has 0 saturated heterocycles. The topological polar surface area (TPSA) is 35.9 Å². The van der Waals surface area contributed by atoms with Crippen molar-refractivity contribution in [1.82, 2.24) is 9.80 Å². The second kappa shape index (κ2) is 8.14. The van der Waals surface area contributed by atoms with Crippen molar-refractivity contribution >= 4 is 33.4 Å². The molecule has 2 aromatic rings. The summed E-state index contributed by atoms with van der Waals surface area (Å²) in [4.78, 5) is 21.9. The van der Waals surface area contributed by atoms with Crippen molar-refractivity contribution in [3.63, 3.8) is 0 Å². The van der Waals surface area contributed by atoms with Crippen LogP contribution in [0.4, 0.5) is 5.69 Å². The van der Waals surface area contributed by atoms with Crippen molar-refractivity contribution < 1.29 is 4.79 Å². The fraction of sp³-hybridized carbons (Fsp3) is 0.333. The minimum Gasteiger partial charge on any atom is -0.295 e. The Kier molecular flexibility index (Phi) is 5.89. The Morgan fingerprint density at radius 2 is 1.85 bits per heavy atom. The first-order valence-corrected chi connectivity index (χ1v) is 9.78. The van der Waals surface area contributed by atoms with Gasteiger partial charge in [0.1, 0.15) is 5.84 Å². The van der Waals surface area contributed by atoms with E-state index in [1.165, 1.54) is 5.56 Å². The first-order chi connectivity index (χ1) is 12.5. The van der Waals surface area contributed by atoms with Crippen LogP contribution >= 0.6 is 15.9 Å². The molecule has 1 amide bonds. The zero-order valence-electron chi connectivity index (χ0n) is 15.5. The Morgan fingerprint density at radius 1 is 1.15 bits per heavy atom. The van der Waals surface area contributed by atoms with E-state index in [0.29, 0.717) is 13.1 Å². The lowest BCUT2D eigenvalue weighted by Crippen LogP contribution is -2.44. The largest absolute Gasteiger partial charge is 0.295 e. The normalized spacial score (nSPS) is 13.6. The van der Waals surface area contributed by atoms with Crippen LogP contribution in [0.15, 0.2) is 51.9 Å². The number of aryl methyl sites for hydroxylation is 1. The number of likely N-dealkylation sites (N-methyl/N-ethyl adjacent to an activating group) is 1. The molecule has 1 aliphatic rings. The number of fused-ring (bicyclic) bond motifs is 1. The summed E-state index contributed by atoms with van der Waals surface area (Å²) in [6, 6.07) is 14.2. The molecule has 0 atom stereocenters. The molecule has 0 radical (unpaired) electrons. The van der Waals surface area contributed by atoms with E-state index in [4.69, 9.17) is 4.99 Å². The minimum atomic E-state index is 0.0857. The summed E-state index contributed by atoms with van der Waals surface area (Å²) in [5.74, 6) is 0.813. The molecule has 3 rings (SSSR count). The maximum Gasteiger partial charge on any atom is 0.242 e. The number of halogens is 1. The van der Waals surface area contributed by atoms with Gasteiger partial charge in [0.15, 0.2) is 0 Å². The Labute approximate surface area is 163 Å². The second-order valence-electron chi connectivity index (χ2n) is 6.52. The van der Waals surface area contributed by atoms with Gasteiger partial charge in [0.05, 0.1) is 18.8 Å². The van der Waals surface area contributed by atoms with E-state index in [1.54, 1.807) is 0 Å². The van der Waals surface area contributed by atoms with Crippen LogP contribution in [0.5, 0.6) is 0 Å². The summed E-state index contributed by atoms with van der Waals surface area (Å²) < 4.78 is 1.01. The van der Waals surface area contributed by atoms with Gasteiger partial charge in [-0.2, -0.15) is 0 Å². The lowest BCUT2D eigenvalue weighted by molar-refractivity contribution is -0.129. The average molecular weight is 414 g/mol. The number of rotatable bonds is 5. The van der Waals surface area contributed by atoms with Crippen LogP contribution in [-0.4, -0.2) is 41.2 Å². The quantitative estimate of drug-likeness (QED) is 0.721. The molecule has 1 heterocycles. The van der Waals surface area contributed by atoms with Gasteiger partial charge < -0.3 is 0 Å². The molecule has 136 valence electrons. The highest BCUT2D eigenvalue weighted by Gasteiger charge is 2.27. The van der Waals surface area contributed by atoms with Crippen LogP contribution in [0.2, 0.25) is 0 Å². The molecule has 0 unspecified atom stereocenters. The third-order valence-electron chi connectivity index (χ3n) is 4.70. The lowest BCUT2D eigenvalue weighted by atomic mass is 10.0. The summed E-state index contributed by atoms with van der Waals surface area (Å²) in [5, 5.41) is 0. The number of amidine groups is 1. The second-order valence-corrected chi connectivity index (χ2v) is 7.43. The number of amides is 1. The van der Waals surface area contributed by atoms with E-state index in [9.17, 15) is 4.79 Å². The SMILES string of the molecule is CCN(CC)CC(=O)N1Cc2cc(C)ccc2N=C1c1ccc(Br)cc1. The third-order valence-corrected chi connectivity index (χ3v) is 5.23. The number of hydrogen-bond acceptors (Lipinski definition) is 3. The number of aliphatic imine (C=N–C) groups is 1. The van der Waals surface area contributed by atoms with Crippen molar-refractivity contribution in [3.05, 3.63) is 63.6 Å². The monoisotopic (exact) mass is 413 g/mol. The molecule has 0 bridgehead atoms. The van der Waals surface area contributed by atoms with Crippen molar-refractivity contribution in [3.8, 4) is 0 Å². The maximum atomic E-state index is 13.1. The fourth-order valence-electron chi connectivity index (χ4n) is 3.12. The molecule has 4 nitrogen and oxygen atoms in total. The molecule has 1 aliphatic heterocycles. The predicted molar refractivity (Wildman–Crippen MR) is 110 cm³/mol. The molecule has 0 spiro atoms. The van der Waals surface area contributed by atoms with Crippen LogP contribution in [-0.2, 0) is 11.3 Å². The molecule has 0 N–H and O–H groups in total. The zero-order valence-corrected chi connectivity index (χ0v) is 17.1. The summed E-state index contributed by atoms with van der Waals surface area (Å²) >= 11 is 3.47. The number of carbonyl (C=O) groups is 1. The average Bonchev–Trinajstić information content (AvgIpc) is 2.65. The van der Waals surface area contributed by atoms with E-state index >= 15 is 0 Å². The smallest absolute Gasteiger partial charge is 0.242 e. The van der Waals surface area contributed by atoms with Gasteiger partial charge in [-0.25, -0.2) is 4.99 Å². The Bertz CT molecular complexity index is 826. The number of carbonyl (C=O) groups excluding carboxylic acids is 1. The zero-order chi connectivity index (χ0) is 18.7. The van der Waals surface area contributed by atoms with E-state index in [2.05, 4.69) is 53.7 Å². The van der Waals surface area contributed by atoms with Gasteiger partial charge in [-0.1, -0.05) is 59.6 Å². The maximum absolute atomic E-state index is 13.1. The minimum absolute atomic E-state index is 0.0857. The van der Waals surface area contributed by atoms with Crippen molar-refractivity contribution in [2.45, 2.75) is 27.3 Å². The molecule has 5 heteroatoms. The fourth-order valence-corrected chi connectivity index (χ4v) is 3.38. The van der Waals surface area contributed by atoms with Crippen LogP contribution < -0.4 is 0 Å².